The molecule has 15 heavy (non-hydrogen) atoms. The van der Waals surface area contributed by atoms with Crippen LogP contribution in [-0.2, 0) is 0 Å². The topological polar surface area (TPSA) is 37.8 Å². The summed E-state index contributed by atoms with van der Waals surface area (Å²) in [5.41, 5.74) is 1.01. The smallest absolute Gasteiger partial charge is 0.0753 e. The van der Waals surface area contributed by atoms with Gasteiger partial charge in [0.25, 0.3) is 0 Å². The average Bonchev–Trinajstić information content (AvgIpc) is 2.29. The molecule has 0 aliphatic carbocycles. The highest BCUT2D eigenvalue weighted by Crippen LogP contribution is 2.10. The van der Waals surface area contributed by atoms with Crippen LogP contribution in [-0.4, -0.2) is 28.0 Å². The summed E-state index contributed by atoms with van der Waals surface area (Å²) < 4.78 is 0. The number of rotatable bonds is 6. The number of hydrogen-bond acceptors (Lipinski definition) is 4. The van der Waals surface area contributed by atoms with E-state index >= 15 is 0 Å². The van der Waals surface area contributed by atoms with Crippen LogP contribution in [0.5, 0.6) is 0 Å². The molecule has 0 amide bonds. The van der Waals surface area contributed by atoms with Crippen LogP contribution in [0.25, 0.3) is 0 Å². The molecule has 0 aliphatic rings. The molecule has 1 aromatic rings. The SMILES string of the molecule is CSC(C)CCNC(C)c1cnccn1. The van der Waals surface area contributed by atoms with E-state index in [0.29, 0.717) is 5.25 Å². The minimum Gasteiger partial charge on any atom is -0.309 e. The second-order valence-corrected chi connectivity index (χ2v) is 4.92. The Morgan fingerprint density at radius 1 is 1.40 bits per heavy atom. The van der Waals surface area contributed by atoms with Crippen molar-refractivity contribution in [3.8, 4) is 0 Å². The standard InChI is InChI=1S/C11H19N3S/c1-9(15-3)4-5-13-10(2)11-8-12-6-7-14-11/h6-10,13H,4-5H2,1-3H3. The molecule has 2 unspecified atom stereocenters. The summed E-state index contributed by atoms with van der Waals surface area (Å²) in [6.45, 7) is 5.40. The van der Waals surface area contributed by atoms with Gasteiger partial charge >= 0.3 is 0 Å². The normalized spacial score (nSPS) is 14.9. The molecule has 1 aromatic heterocycles. The summed E-state index contributed by atoms with van der Waals surface area (Å²) in [6, 6.07) is 0.285. The Morgan fingerprint density at radius 3 is 2.80 bits per heavy atom. The maximum atomic E-state index is 4.27. The highest BCUT2D eigenvalue weighted by Gasteiger charge is 2.06. The molecule has 1 heterocycles. The van der Waals surface area contributed by atoms with Gasteiger partial charge in [-0.25, -0.2) is 0 Å². The van der Waals surface area contributed by atoms with Gasteiger partial charge < -0.3 is 5.32 Å². The monoisotopic (exact) mass is 225 g/mol. The molecule has 0 aromatic carbocycles. The molecule has 0 radical (unpaired) electrons. The van der Waals surface area contributed by atoms with Crippen molar-refractivity contribution in [1.29, 1.82) is 0 Å². The van der Waals surface area contributed by atoms with Gasteiger partial charge in [-0.15, -0.1) is 0 Å². The van der Waals surface area contributed by atoms with Crippen molar-refractivity contribution in [3.05, 3.63) is 24.3 Å². The largest absolute Gasteiger partial charge is 0.309 e. The van der Waals surface area contributed by atoms with Crippen LogP contribution in [0.4, 0.5) is 0 Å². The molecule has 0 aliphatic heterocycles. The van der Waals surface area contributed by atoms with E-state index in [1.165, 1.54) is 6.42 Å². The Labute approximate surface area is 96.1 Å². The molecule has 2 atom stereocenters. The van der Waals surface area contributed by atoms with Crippen molar-refractivity contribution in [1.82, 2.24) is 15.3 Å². The van der Waals surface area contributed by atoms with Crippen LogP contribution in [0.3, 0.4) is 0 Å². The highest BCUT2D eigenvalue weighted by molar-refractivity contribution is 7.99. The predicted octanol–water partition coefficient (Wildman–Crippen LogP) is 2.27. The quantitative estimate of drug-likeness (QED) is 0.806. The van der Waals surface area contributed by atoms with E-state index in [4.69, 9.17) is 0 Å². The van der Waals surface area contributed by atoms with Crippen molar-refractivity contribution in [2.24, 2.45) is 0 Å². The molecule has 1 rings (SSSR count). The second kappa shape index (κ2) is 6.80. The summed E-state index contributed by atoms with van der Waals surface area (Å²) in [7, 11) is 0. The first kappa shape index (κ1) is 12.5. The van der Waals surface area contributed by atoms with Crippen LogP contribution in [0.1, 0.15) is 32.0 Å². The molecule has 1 N–H and O–H groups in total. The highest BCUT2D eigenvalue weighted by atomic mass is 32.2. The number of nitrogens with zero attached hydrogens (tertiary/aromatic N) is 2. The zero-order valence-electron chi connectivity index (χ0n) is 9.60. The molecular weight excluding hydrogens is 206 g/mol. The molecule has 3 nitrogen and oxygen atoms in total. The first-order valence-electron chi connectivity index (χ1n) is 5.26. The lowest BCUT2D eigenvalue weighted by Gasteiger charge is -2.14. The molecule has 0 spiro atoms. The maximum Gasteiger partial charge on any atom is 0.0753 e. The van der Waals surface area contributed by atoms with Gasteiger partial charge in [-0.1, -0.05) is 6.92 Å². The zero-order chi connectivity index (χ0) is 11.1. The van der Waals surface area contributed by atoms with Gasteiger partial charge in [0.05, 0.1) is 5.69 Å². The minimum absolute atomic E-state index is 0.285. The summed E-state index contributed by atoms with van der Waals surface area (Å²) in [5, 5.41) is 4.16. The minimum atomic E-state index is 0.285. The van der Waals surface area contributed by atoms with Crippen LogP contribution >= 0.6 is 11.8 Å². The molecule has 0 bridgehead atoms. The number of thioether (sulfide) groups is 1. The Balaban J connectivity index is 2.28. The zero-order valence-corrected chi connectivity index (χ0v) is 10.4. The van der Waals surface area contributed by atoms with Crippen LogP contribution in [0.2, 0.25) is 0 Å². The van der Waals surface area contributed by atoms with Crippen LogP contribution < -0.4 is 5.32 Å². The fourth-order valence-electron chi connectivity index (χ4n) is 1.26. The first-order chi connectivity index (χ1) is 7.24. The number of aromatic nitrogens is 2. The molecule has 0 saturated carbocycles. The Hall–Kier alpha value is -0.610. The maximum absolute atomic E-state index is 4.27. The lowest BCUT2D eigenvalue weighted by atomic mass is 10.2. The van der Waals surface area contributed by atoms with Gasteiger partial charge in [-0.05, 0) is 26.1 Å². The van der Waals surface area contributed by atoms with E-state index < -0.39 is 0 Å². The number of nitrogens with one attached hydrogen (secondary N) is 1. The Morgan fingerprint density at radius 2 is 2.20 bits per heavy atom. The van der Waals surface area contributed by atoms with Crippen LogP contribution in [0, 0.1) is 0 Å². The van der Waals surface area contributed by atoms with E-state index in [9.17, 15) is 0 Å². The van der Waals surface area contributed by atoms with Gasteiger partial charge in [0.2, 0.25) is 0 Å². The fourth-order valence-corrected chi connectivity index (χ4v) is 1.61. The third kappa shape index (κ3) is 4.62. The van der Waals surface area contributed by atoms with E-state index in [2.05, 4.69) is 35.4 Å². The van der Waals surface area contributed by atoms with Gasteiger partial charge in [0.1, 0.15) is 0 Å². The van der Waals surface area contributed by atoms with Crippen molar-refractivity contribution >= 4 is 11.8 Å². The summed E-state index contributed by atoms with van der Waals surface area (Å²) in [5.74, 6) is 0. The summed E-state index contributed by atoms with van der Waals surface area (Å²) in [6.07, 6.45) is 8.59. The van der Waals surface area contributed by atoms with E-state index in [0.717, 1.165) is 12.2 Å². The van der Waals surface area contributed by atoms with Crippen molar-refractivity contribution < 1.29 is 0 Å². The van der Waals surface area contributed by atoms with Gasteiger partial charge in [0.15, 0.2) is 0 Å². The molecule has 0 fully saturated rings. The summed E-state index contributed by atoms with van der Waals surface area (Å²) in [4.78, 5) is 8.32. The van der Waals surface area contributed by atoms with Crippen molar-refractivity contribution in [3.63, 3.8) is 0 Å². The number of hydrogen-bond donors (Lipinski definition) is 1. The van der Waals surface area contributed by atoms with Gasteiger partial charge in [-0.2, -0.15) is 11.8 Å². The predicted molar refractivity (Wildman–Crippen MR) is 66.0 cm³/mol. The van der Waals surface area contributed by atoms with Gasteiger partial charge in [-0.3, -0.25) is 9.97 Å². The summed E-state index contributed by atoms with van der Waals surface area (Å²) >= 11 is 1.90. The third-order valence-electron chi connectivity index (χ3n) is 2.43. The van der Waals surface area contributed by atoms with E-state index in [1.807, 2.05) is 18.0 Å². The molecule has 4 heteroatoms. The Kier molecular flexibility index (Phi) is 5.65. The average molecular weight is 225 g/mol. The lowest BCUT2D eigenvalue weighted by Crippen LogP contribution is -2.22. The van der Waals surface area contributed by atoms with E-state index in [-0.39, 0.29) is 6.04 Å². The second-order valence-electron chi connectivity index (χ2n) is 3.64. The first-order valence-corrected chi connectivity index (χ1v) is 6.55. The van der Waals surface area contributed by atoms with E-state index in [1.54, 1.807) is 12.4 Å². The van der Waals surface area contributed by atoms with Crippen molar-refractivity contribution in [2.75, 3.05) is 12.8 Å². The van der Waals surface area contributed by atoms with Crippen LogP contribution in [0.15, 0.2) is 18.6 Å². The van der Waals surface area contributed by atoms with Gasteiger partial charge in [0, 0.05) is 29.9 Å². The lowest BCUT2D eigenvalue weighted by molar-refractivity contribution is 0.545. The van der Waals surface area contributed by atoms with Crippen molar-refractivity contribution in [2.45, 2.75) is 31.6 Å². The fraction of sp³-hybridized carbons (Fsp3) is 0.636. The molecule has 0 saturated heterocycles. The third-order valence-corrected chi connectivity index (χ3v) is 3.47. The molecule has 84 valence electrons. The molecular formula is C11H19N3S. The Bertz CT molecular complexity index is 266.